The molecule has 15 heteroatoms. The maximum atomic E-state index is 15.4. The van der Waals surface area contributed by atoms with Crippen molar-refractivity contribution in [3.63, 3.8) is 0 Å². The number of ketones is 1. The second-order valence-electron chi connectivity index (χ2n) is 17.2. The number of ether oxygens (including phenoxy) is 2. The van der Waals surface area contributed by atoms with Crippen molar-refractivity contribution in [1.29, 1.82) is 0 Å². The standard InChI is InChI=1S/C42H50F2N4O8S/c1-40(2,3)56-35(50)20-27-14-8-5-11-19-42(43,44)23-28-22-41(28,39(52)47-57(53,54)30-17-18-30)24-34(49)33-21-29(25-48(33)38(27)51)55-37-36(26-12-6-4-7-13-26)45-31-15-9-10-16-32(31)46-37/h4,6-7,9-10,12-13,15-16,27-30,33H,5,8,11,14,17-25H2,1-3H3,(H,47,52)/t27-,28+,29-,33+,41-/m1/s1. The highest BCUT2D eigenvalue weighted by Crippen LogP contribution is 2.60. The van der Waals surface area contributed by atoms with Gasteiger partial charge in [0.2, 0.25) is 33.6 Å². The molecule has 2 saturated heterocycles. The largest absolute Gasteiger partial charge is 0.471 e. The summed E-state index contributed by atoms with van der Waals surface area (Å²) in [5.41, 5.74) is -0.125. The number of nitrogens with one attached hydrogen (secondary N) is 1. The fourth-order valence-electron chi connectivity index (χ4n) is 8.33. The number of aromatic nitrogens is 2. The number of hydrogen-bond donors (Lipinski definition) is 1. The maximum Gasteiger partial charge on any atom is 0.307 e. The van der Waals surface area contributed by atoms with E-state index in [-0.39, 0.29) is 44.5 Å². The molecular formula is C42H50F2N4O8S. The number of esters is 1. The molecule has 0 bridgehead atoms. The molecule has 2 aliphatic heterocycles. The van der Waals surface area contributed by atoms with Gasteiger partial charge in [0.25, 0.3) is 0 Å². The van der Waals surface area contributed by atoms with E-state index in [9.17, 15) is 27.6 Å². The van der Waals surface area contributed by atoms with Crippen LogP contribution < -0.4 is 9.46 Å². The van der Waals surface area contributed by atoms with E-state index in [0.29, 0.717) is 42.4 Å². The summed E-state index contributed by atoms with van der Waals surface area (Å²) < 4.78 is 70.9. The molecule has 12 nitrogen and oxygen atoms in total. The third-order valence-electron chi connectivity index (χ3n) is 11.5. The van der Waals surface area contributed by atoms with Gasteiger partial charge in [-0.1, -0.05) is 55.3 Å². The highest BCUT2D eigenvalue weighted by molar-refractivity contribution is 7.90. The van der Waals surface area contributed by atoms with Gasteiger partial charge >= 0.3 is 5.97 Å². The van der Waals surface area contributed by atoms with E-state index in [1.54, 1.807) is 26.8 Å². The van der Waals surface area contributed by atoms with Crippen molar-refractivity contribution in [3.05, 3.63) is 54.6 Å². The van der Waals surface area contributed by atoms with Crippen LogP contribution in [0.5, 0.6) is 5.88 Å². The lowest BCUT2D eigenvalue weighted by molar-refractivity contribution is -0.159. The average Bonchev–Trinajstić information content (AvgIpc) is 4.07. The Balaban J connectivity index is 1.23. The lowest BCUT2D eigenvalue weighted by Crippen LogP contribution is -2.46. The minimum Gasteiger partial charge on any atom is -0.471 e. The number of hydrogen-bond acceptors (Lipinski definition) is 10. The fraction of sp³-hybridized carbons (Fsp3) is 0.571. The summed E-state index contributed by atoms with van der Waals surface area (Å²) in [5.74, 6) is -7.45. The Morgan fingerprint density at radius 2 is 1.61 bits per heavy atom. The van der Waals surface area contributed by atoms with E-state index in [4.69, 9.17) is 19.4 Å². The highest BCUT2D eigenvalue weighted by Gasteiger charge is 2.64. The first-order chi connectivity index (χ1) is 26.9. The Bertz CT molecular complexity index is 2140. The van der Waals surface area contributed by atoms with Crippen LogP contribution in [-0.4, -0.2) is 82.3 Å². The molecule has 57 heavy (non-hydrogen) atoms. The first-order valence-corrected chi connectivity index (χ1v) is 21.5. The van der Waals surface area contributed by atoms with Gasteiger partial charge in [0.15, 0.2) is 5.78 Å². The molecule has 2 saturated carbocycles. The second-order valence-corrected chi connectivity index (χ2v) is 19.2. The Kier molecular flexibility index (Phi) is 11.2. The number of nitrogens with zero attached hydrogens (tertiary/aromatic N) is 3. The van der Waals surface area contributed by atoms with Crippen molar-refractivity contribution in [2.75, 3.05) is 6.54 Å². The molecule has 5 atom stereocenters. The minimum absolute atomic E-state index is 0.0225. The van der Waals surface area contributed by atoms with Crippen LogP contribution in [0.4, 0.5) is 8.78 Å². The summed E-state index contributed by atoms with van der Waals surface area (Å²) in [6, 6.07) is 15.4. The van der Waals surface area contributed by atoms with Gasteiger partial charge in [-0.15, -0.1) is 0 Å². The van der Waals surface area contributed by atoms with Crippen LogP contribution in [0, 0.1) is 17.3 Å². The molecule has 2 aromatic carbocycles. The predicted molar refractivity (Wildman–Crippen MR) is 206 cm³/mol. The fourth-order valence-corrected chi connectivity index (χ4v) is 9.71. The number of fused-ring (bicyclic) bond motifs is 3. The van der Waals surface area contributed by atoms with Crippen molar-refractivity contribution in [2.45, 2.75) is 127 Å². The first kappa shape index (κ1) is 40.7. The summed E-state index contributed by atoms with van der Waals surface area (Å²) in [7, 11) is -4.04. The molecule has 2 aliphatic carbocycles. The minimum atomic E-state index is -4.04. The summed E-state index contributed by atoms with van der Waals surface area (Å²) in [6.45, 7) is 5.08. The third-order valence-corrected chi connectivity index (χ3v) is 13.3. The van der Waals surface area contributed by atoms with Crippen LogP contribution >= 0.6 is 0 Å². The molecule has 2 amide bonds. The number of benzene rings is 2. The van der Waals surface area contributed by atoms with Gasteiger partial charge in [0.1, 0.15) is 17.4 Å². The molecule has 0 radical (unpaired) electrons. The van der Waals surface area contributed by atoms with Crippen LogP contribution in [0.15, 0.2) is 54.6 Å². The quantitative estimate of drug-likeness (QED) is 0.247. The van der Waals surface area contributed by atoms with Gasteiger partial charge in [-0.3, -0.25) is 23.9 Å². The van der Waals surface area contributed by atoms with E-state index in [0.717, 1.165) is 5.56 Å². The number of para-hydroxylation sites is 2. The van der Waals surface area contributed by atoms with Gasteiger partial charge in [0.05, 0.1) is 40.7 Å². The molecule has 7 rings (SSSR count). The lowest BCUT2D eigenvalue weighted by Gasteiger charge is -2.29. The van der Waals surface area contributed by atoms with Crippen molar-refractivity contribution >= 4 is 44.6 Å². The highest BCUT2D eigenvalue weighted by atomic mass is 32.2. The Labute approximate surface area is 331 Å². The number of sulfonamides is 1. The molecule has 0 unspecified atom stereocenters. The monoisotopic (exact) mass is 808 g/mol. The number of rotatable bonds is 8. The number of halogens is 2. The second kappa shape index (κ2) is 15.7. The smallest absolute Gasteiger partial charge is 0.307 e. The molecule has 1 N–H and O–H groups in total. The van der Waals surface area contributed by atoms with Gasteiger partial charge in [0, 0.05) is 37.2 Å². The molecule has 3 aromatic rings. The van der Waals surface area contributed by atoms with Crippen molar-refractivity contribution in [2.24, 2.45) is 17.3 Å². The Hall–Kier alpha value is -4.53. The SMILES string of the molecule is CC(C)(C)OC(=O)C[C@H]1CCCCCC(F)(F)C[C@@H]2C[C@@]2(C(=O)NS(=O)(=O)C2CC2)CC(=O)[C@@H]2C[C@@H](Oc3nc4ccccc4nc3-c3ccccc3)CN2C1=O. The van der Waals surface area contributed by atoms with Crippen LogP contribution in [0.1, 0.15) is 97.8 Å². The summed E-state index contributed by atoms with van der Waals surface area (Å²) in [5, 5.41) is -0.740. The summed E-state index contributed by atoms with van der Waals surface area (Å²) in [4.78, 5) is 67.2. The van der Waals surface area contributed by atoms with Crippen molar-refractivity contribution in [1.82, 2.24) is 19.6 Å². The molecular weight excluding hydrogens is 759 g/mol. The maximum absolute atomic E-state index is 15.4. The summed E-state index contributed by atoms with van der Waals surface area (Å²) >= 11 is 0. The van der Waals surface area contributed by atoms with Crippen LogP contribution in [0.3, 0.4) is 0 Å². The number of amides is 2. The number of carbonyl (C=O) groups is 4. The molecule has 306 valence electrons. The third kappa shape index (κ3) is 9.45. The first-order valence-electron chi connectivity index (χ1n) is 19.9. The molecule has 1 aromatic heterocycles. The van der Waals surface area contributed by atoms with Crippen LogP contribution in [0.2, 0.25) is 0 Å². The molecule has 3 heterocycles. The predicted octanol–water partition coefficient (Wildman–Crippen LogP) is 6.56. The lowest BCUT2D eigenvalue weighted by atomic mass is 9.89. The van der Waals surface area contributed by atoms with Gasteiger partial charge in [-0.25, -0.2) is 27.2 Å². The van der Waals surface area contributed by atoms with E-state index in [2.05, 4.69) is 4.72 Å². The molecule has 4 fully saturated rings. The van der Waals surface area contributed by atoms with Gasteiger partial charge in [-0.2, -0.15) is 0 Å². The van der Waals surface area contributed by atoms with Crippen LogP contribution in [-0.2, 0) is 33.9 Å². The van der Waals surface area contributed by atoms with E-state index in [1.807, 2.05) is 48.5 Å². The van der Waals surface area contributed by atoms with Crippen LogP contribution in [0.25, 0.3) is 22.3 Å². The average molecular weight is 809 g/mol. The van der Waals surface area contributed by atoms with Crippen molar-refractivity contribution < 1.29 is 45.9 Å². The van der Waals surface area contributed by atoms with E-state index < -0.39 is 99.0 Å². The zero-order valence-electron chi connectivity index (χ0n) is 32.5. The molecule has 0 spiro atoms. The topological polar surface area (TPSA) is 162 Å². The van der Waals surface area contributed by atoms with E-state index in [1.165, 1.54) is 4.90 Å². The van der Waals surface area contributed by atoms with Gasteiger partial charge in [-0.05, 0) is 70.9 Å². The summed E-state index contributed by atoms with van der Waals surface area (Å²) in [6.07, 6.45) is -0.999. The number of Topliss-reactive ketones (excluding diaryl/α,β-unsaturated/α-hetero) is 1. The van der Waals surface area contributed by atoms with E-state index >= 15 is 8.78 Å². The normalized spacial score (nSPS) is 27.1. The Morgan fingerprint density at radius 3 is 2.30 bits per heavy atom. The number of carbonyl (C=O) groups excluding carboxylic acids is 4. The van der Waals surface area contributed by atoms with Gasteiger partial charge < -0.3 is 14.4 Å². The Morgan fingerprint density at radius 1 is 0.930 bits per heavy atom. The van der Waals surface area contributed by atoms with Crippen molar-refractivity contribution in [3.8, 4) is 17.1 Å². The zero-order valence-corrected chi connectivity index (χ0v) is 33.4. The zero-order chi connectivity index (χ0) is 40.8. The molecule has 4 aliphatic rings. The number of alkyl halides is 2.